The second-order valence-corrected chi connectivity index (χ2v) is 14.3. The van der Waals surface area contributed by atoms with Crippen molar-refractivity contribution in [3.05, 3.63) is 223 Å². The molecule has 9 aromatic rings. The molecular weight excluding hydrogens is 665 g/mol. The first-order valence-corrected chi connectivity index (χ1v) is 18.9. The predicted molar refractivity (Wildman–Crippen MR) is 232 cm³/mol. The van der Waals surface area contributed by atoms with Crippen molar-refractivity contribution in [3.63, 3.8) is 0 Å². The lowest BCUT2D eigenvalue weighted by Gasteiger charge is -2.27. The average molecular weight is 703 g/mol. The molecule has 0 saturated heterocycles. The Morgan fingerprint density at radius 2 is 0.818 bits per heavy atom. The van der Waals surface area contributed by atoms with Crippen molar-refractivity contribution < 1.29 is 0 Å². The highest BCUT2D eigenvalue weighted by Crippen LogP contribution is 2.47. The molecule has 0 spiro atoms. The zero-order valence-corrected chi connectivity index (χ0v) is 30.3. The van der Waals surface area contributed by atoms with Gasteiger partial charge in [-0.05, 0) is 126 Å². The maximum Gasteiger partial charge on any atom is 0.0564 e. The van der Waals surface area contributed by atoms with E-state index in [0.29, 0.717) is 0 Å². The molecule has 2 heteroatoms. The van der Waals surface area contributed by atoms with E-state index in [-0.39, 0.29) is 6.04 Å². The molecule has 0 bridgehead atoms. The summed E-state index contributed by atoms with van der Waals surface area (Å²) in [6, 6.07) is 76.4. The van der Waals surface area contributed by atoms with E-state index >= 15 is 0 Å². The van der Waals surface area contributed by atoms with Gasteiger partial charge >= 0.3 is 0 Å². The second kappa shape index (κ2) is 13.8. The molecule has 0 saturated carbocycles. The lowest BCUT2D eigenvalue weighted by atomic mass is 9.84. The van der Waals surface area contributed by atoms with E-state index in [2.05, 4.69) is 217 Å². The molecule has 10 rings (SSSR count). The van der Waals surface area contributed by atoms with Gasteiger partial charge in [0, 0.05) is 17.1 Å². The van der Waals surface area contributed by atoms with Crippen LogP contribution >= 0.6 is 0 Å². The van der Waals surface area contributed by atoms with Crippen LogP contribution < -0.4 is 10.6 Å². The number of rotatable bonds is 7. The Morgan fingerprint density at radius 3 is 1.49 bits per heavy atom. The summed E-state index contributed by atoms with van der Waals surface area (Å²) in [5, 5.41) is 2.42. The van der Waals surface area contributed by atoms with Gasteiger partial charge in [0.1, 0.15) is 0 Å². The summed E-state index contributed by atoms with van der Waals surface area (Å²) in [4.78, 5) is 2.36. The van der Waals surface area contributed by atoms with Gasteiger partial charge in [-0.1, -0.05) is 164 Å². The molecule has 1 aliphatic rings. The number of fused-ring (bicyclic) bond motifs is 4. The van der Waals surface area contributed by atoms with Gasteiger partial charge in [0.2, 0.25) is 0 Å². The maximum atomic E-state index is 6.92. The van der Waals surface area contributed by atoms with Crippen molar-refractivity contribution in [2.45, 2.75) is 6.04 Å². The third kappa shape index (κ3) is 5.90. The minimum atomic E-state index is -0.168. The van der Waals surface area contributed by atoms with Crippen molar-refractivity contribution in [2.24, 2.45) is 5.73 Å². The van der Waals surface area contributed by atoms with E-state index < -0.39 is 0 Å². The molecule has 1 unspecified atom stereocenters. The maximum absolute atomic E-state index is 6.92. The normalized spacial score (nSPS) is 13.0. The number of nitrogens with zero attached hydrogens (tertiary/aromatic N) is 1. The summed E-state index contributed by atoms with van der Waals surface area (Å²) >= 11 is 0. The van der Waals surface area contributed by atoms with Crippen molar-refractivity contribution in [1.29, 1.82) is 0 Å². The highest BCUT2D eigenvalue weighted by molar-refractivity contribution is 5.98. The number of anilines is 3. The van der Waals surface area contributed by atoms with E-state index in [0.717, 1.165) is 28.2 Å². The summed E-state index contributed by atoms with van der Waals surface area (Å²) in [6.07, 6.45) is 0. The number of benzene rings is 9. The van der Waals surface area contributed by atoms with Crippen molar-refractivity contribution in [2.75, 3.05) is 4.90 Å². The van der Waals surface area contributed by atoms with Gasteiger partial charge in [0.15, 0.2) is 0 Å². The molecule has 0 heterocycles. The SMILES string of the molecule is NC1c2ccccc2-c2ccc(N(c3ccc(-c4c(-c5ccccc5)cc(-c5ccccc5)cc4-c4ccccc4)cc3)c3ccc4ccccc4c3)cc21. The molecule has 260 valence electrons. The third-order valence-corrected chi connectivity index (χ3v) is 11.0. The molecule has 0 aromatic heterocycles. The van der Waals surface area contributed by atoms with Gasteiger partial charge in [-0.25, -0.2) is 0 Å². The first kappa shape index (κ1) is 32.6. The molecule has 55 heavy (non-hydrogen) atoms. The van der Waals surface area contributed by atoms with E-state index in [1.54, 1.807) is 0 Å². The summed E-state index contributed by atoms with van der Waals surface area (Å²) in [5.41, 5.74) is 24.5. The fraction of sp³-hybridized carbons (Fsp3) is 0.0189. The Labute approximate surface area is 322 Å². The van der Waals surface area contributed by atoms with Crippen molar-refractivity contribution in [1.82, 2.24) is 0 Å². The van der Waals surface area contributed by atoms with Crippen LogP contribution in [0.1, 0.15) is 17.2 Å². The Balaban J connectivity index is 1.15. The molecule has 9 aromatic carbocycles. The van der Waals surface area contributed by atoms with Crippen LogP contribution in [0, 0.1) is 0 Å². The largest absolute Gasteiger partial charge is 0.320 e. The molecule has 1 aliphatic carbocycles. The van der Waals surface area contributed by atoms with Gasteiger partial charge in [-0.15, -0.1) is 0 Å². The molecular formula is C53H38N2. The van der Waals surface area contributed by atoms with Crippen LogP contribution in [0.5, 0.6) is 0 Å². The van der Waals surface area contributed by atoms with Crippen LogP contribution in [0.25, 0.3) is 66.4 Å². The van der Waals surface area contributed by atoms with Gasteiger partial charge < -0.3 is 10.6 Å². The van der Waals surface area contributed by atoms with Gasteiger partial charge in [-0.3, -0.25) is 0 Å². The monoisotopic (exact) mass is 702 g/mol. The molecule has 0 radical (unpaired) electrons. The second-order valence-electron chi connectivity index (χ2n) is 14.3. The number of hydrogen-bond donors (Lipinski definition) is 1. The molecule has 1 atom stereocenters. The minimum absolute atomic E-state index is 0.168. The summed E-state index contributed by atoms with van der Waals surface area (Å²) in [7, 11) is 0. The highest BCUT2D eigenvalue weighted by Gasteiger charge is 2.27. The zero-order chi connectivity index (χ0) is 36.7. The van der Waals surface area contributed by atoms with Crippen LogP contribution in [0.3, 0.4) is 0 Å². The lowest BCUT2D eigenvalue weighted by molar-refractivity contribution is 0.900. The van der Waals surface area contributed by atoms with Crippen molar-refractivity contribution in [3.8, 4) is 55.6 Å². The molecule has 0 fully saturated rings. The third-order valence-electron chi connectivity index (χ3n) is 11.0. The molecule has 2 N–H and O–H groups in total. The fourth-order valence-corrected chi connectivity index (χ4v) is 8.35. The fourth-order valence-electron chi connectivity index (χ4n) is 8.35. The Morgan fingerprint density at radius 1 is 0.309 bits per heavy atom. The Hall–Kier alpha value is -7.00. The smallest absolute Gasteiger partial charge is 0.0564 e. The molecule has 0 amide bonds. The zero-order valence-electron chi connectivity index (χ0n) is 30.3. The van der Waals surface area contributed by atoms with E-state index in [4.69, 9.17) is 5.73 Å². The van der Waals surface area contributed by atoms with E-state index in [1.807, 2.05) is 0 Å². The van der Waals surface area contributed by atoms with Gasteiger partial charge in [0.05, 0.1) is 6.04 Å². The van der Waals surface area contributed by atoms with Crippen LogP contribution in [0.4, 0.5) is 17.1 Å². The minimum Gasteiger partial charge on any atom is -0.320 e. The van der Waals surface area contributed by atoms with Gasteiger partial charge in [-0.2, -0.15) is 0 Å². The van der Waals surface area contributed by atoms with Crippen LogP contribution in [0.15, 0.2) is 212 Å². The Bertz CT molecular complexity index is 2750. The molecule has 0 aliphatic heterocycles. The summed E-state index contributed by atoms with van der Waals surface area (Å²) in [6.45, 7) is 0. The summed E-state index contributed by atoms with van der Waals surface area (Å²) < 4.78 is 0. The quantitative estimate of drug-likeness (QED) is 0.179. The lowest BCUT2D eigenvalue weighted by Crippen LogP contribution is -2.12. The van der Waals surface area contributed by atoms with E-state index in [1.165, 1.54) is 66.4 Å². The topological polar surface area (TPSA) is 29.3 Å². The van der Waals surface area contributed by atoms with E-state index in [9.17, 15) is 0 Å². The Kier molecular flexibility index (Phi) is 8.17. The van der Waals surface area contributed by atoms with Crippen LogP contribution in [-0.4, -0.2) is 0 Å². The standard InChI is InChI=1S/C53H38N2/c54-53-48-23-13-12-22-46(48)47-31-30-45(35-51(47)53)55(44-29-24-37-16-10-11-21-41(37)32-44)43-27-25-40(26-28-43)52-49(38-17-6-2-7-18-38)33-42(36-14-4-1-5-15-36)34-50(52)39-19-8-3-9-20-39/h1-35,53H,54H2. The summed E-state index contributed by atoms with van der Waals surface area (Å²) in [5.74, 6) is 0. The number of hydrogen-bond acceptors (Lipinski definition) is 2. The molecule has 2 nitrogen and oxygen atoms in total. The number of nitrogens with two attached hydrogens (primary N) is 1. The first-order chi connectivity index (χ1) is 27.2. The average Bonchev–Trinajstić information content (AvgIpc) is 3.55. The first-order valence-electron chi connectivity index (χ1n) is 18.9. The van der Waals surface area contributed by atoms with Crippen LogP contribution in [0.2, 0.25) is 0 Å². The van der Waals surface area contributed by atoms with Crippen LogP contribution in [-0.2, 0) is 0 Å². The highest BCUT2D eigenvalue weighted by atomic mass is 15.1. The predicted octanol–water partition coefficient (Wildman–Crippen LogP) is 14.0. The van der Waals surface area contributed by atoms with Gasteiger partial charge in [0.25, 0.3) is 0 Å². The van der Waals surface area contributed by atoms with Crippen molar-refractivity contribution >= 4 is 27.8 Å².